The quantitative estimate of drug-likeness (QED) is 0.665. The molecule has 0 amide bonds. The molecule has 1 nitrogen and oxygen atoms in total. The van der Waals surface area contributed by atoms with Gasteiger partial charge in [-0.15, -0.1) is 0 Å². The second-order valence-electron chi connectivity index (χ2n) is 6.99. The minimum absolute atomic E-state index is 0.578. The Balaban J connectivity index is 0.000000101. The van der Waals surface area contributed by atoms with Crippen molar-refractivity contribution in [3.05, 3.63) is 0 Å². The lowest BCUT2D eigenvalue weighted by molar-refractivity contribution is 0.360. The summed E-state index contributed by atoms with van der Waals surface area (Å²) in [6.07, 6.45) is 11.9. The summed E-state index contributed by atoms with van der Waals surface area (Å²) in [4.78, 5) is 0. The standard InChI is InChI=1S/C8H14.C7H13N/c1-6-4-7-2-3-8(6)5-7;8-7-4-5-1-2-6(7)3-5/h6-8H,2-5H2,1H3;5-7H,1-4,8H2/t6-,7+,8+;5-,6+,7+/m00/s1. The second-order valence-corrected chi connectivity index (χ2v) is 6.99. The third-order valence-electron chi connectivity index (χ3n) is 5.88. The van der Waals surface area contributed by atoms with E-state index >= 15 is 0 Å². The molecule has 0 radical (unpaired) electrons. The summed E-state index contributed by atoms with van der Waals surface area (Å²) in [5.74, 6) is 5.30. The van der Waals surface area contributed by atoms with Crippen molar-refractivity contribution in [3.63, 3.8) is 0 Å². The number of nitrogens with two attached hydrogens (primary N) is 1. The maximum atomic E-state index is 5.82. The fraction of sp³-hybridized carbons (Fsp3) is 1.00. The predicted octanol–water partition coefficient (Wildman–Crippen LogP) is 3.58. The largest absolute Gasteiger partial charge is 0.327 e. The number of hydrogen-bond donors (Lipinski definition) is 1. The Labute approximate surface area is 100 Å². The van der Waals surface area contributed by atoms with Crippen LogP contribution in [0, 0.1) is 29.6 Å². The lowest BCUT2D eigenvalue weighted by Gasteiger charge is -2.15. The van der Waals surface area contributed by atoms with Crippen LogP contribution in [0.15, 0.2) is 0 Å². The molecule has 0 aromatic heterocycles. The van der Waals surface area contributed by atoms with Gasteiger partial charge >= 0.3 is 0 Å². The highest BCUT2D eigenvalue weighted by molar-refractivity contribution is 4.92. The van der Waals surface area contributed by atoms with E-state index in [9.17, 15) is 0 Å². The third kappa shape index (κ3) is 2.03. The van der Waals surface area contributed by atoms with Gasteiger partial charge in [0.15, 0.2) is 0 Å². The normalized spacial score (nSPS) is 52.9. The van der Waals surface area contributed by atoms with Crippen molar-refractivity contribution < 1.29 is 0 Å². The van der Waals surface area contributed by atoms with Gasteiger partial charge in [-0.1, -0.05) is 19.8 Å². The van der Waals surface area contributed by atoms with Gasteiger partial charge in [0.25, 0.3) is 0 Å². The van der Waals surface area contributed by atoms with E-state index in [-0.39, 0.29) is 0 Å². The Hall–Kier alpha value is -0.0400. The van der Waals surface area contributed by atoms with Gasteiger partial charge in [-0.25, -0.2) is 0 Å². The zero-order valence-corrected chi connectivity index (χ0v) is 10.7. The molecular formula is C15H27N. The summed E-state index contributed by atoms with van der Waals surface area (Å²) in [6.45, 7) is 2.42. The molecule has 4 fully saturated rings. The monoisotopic (exact) mass is 221 g/mol. The molecule has 0 aliphatic heterocycles. The Bertz CT molecular complexity index is 220. The van der Waals surface area contributed by atoms with E-state index in [1.54, 1.807) is 25.7 Å². The molecule has 0 heterocycles. The van der Waals surface area contributed by atoms with Crippen LogP contribution in [0.3, 0.4) is 0 Å². The smallest absolute Gasteiger partial charge is 0.00699 e. The van der Waals surface area contributed by atoms with E-state index in [0.29, 0.717) is 6.04 Å². The summed E-state index contributed by atoms with van der Waals surface area (Å²) in [7, 11) is 0. The van der Waals surface area contributed by atoms with Gasteiger partial charge in [0.1, 0.15) is 0 Å². The van der Waals surface area contributed by atoms with Crippen LogP contribution in [-0.4, -0.2) is 6.04 Å². The highest BCUT2D eigenvalue weighted by Crippen LogP contribution is 2.47. The second kappa shape index (κ2) is 4.33. The van der Waals surface area contributed by atoms with Crippen LogP contribution >= 0.6 is 0 Å². The molecule has 6 atom stereocenters. The molecule has 0 spiro atoms. The molecule has 0 aromatic rings. The predicted molar refractivity (Wildman–Crippen MR) is 68.0 cm³/mol. The summed E-state index contributed by atoms with van der Waals surface area (Å²) in [6, 6.07) is 0.578. The molecule has 2 N–H and O–H groups in total. The highest BCUT2D eigenvalue weighted by atomic mass is 14.7. The first-order chi connectivity index (χ1) is 7.72. The number of rotatable bonds is 0. The SMILES string of the molecule is C[C@H]1C[C@H]2CC[C@@H]1C2.N[C@@H]1C[C@H]2CC[C@@H]1C2. The van der Waals surface area contributed by atoms with Crippen LogP contribution in [0.25, 0.3) is 0 Å². The fourth-order valence-corrected chi connectivity index (χ4v) is 4.86. The fourth-order valence-electron chi connectivity index (χ4n) is 4.86. The third-order valence-corrected chi connectivity index (χ3v) is 5.88. The zero-order valence-electron chi connectivity index (χ0n) is 10.7. The molecule has 4 aliphatic carbocycles. The first-order valence-electron chi connectivity index (χ1n) is 7.48. The van der Waals surface area contributed by atoms with E-state index in [2.05, 4.69) is 6.92 Å². The lowest BCUT2D eigenvalue weighted by atomic mass is 9.91. The minimum atomic E-state index is 0.578. The van der Waals surface area contributed by atoms with Gasteiger partial charge in [-0.05, 0) is 68.1 Å². The molecule has 4 saturated carbocycles. The van der Waals surface area contributed by atoms with E-state index in [1.807, 2.05) is 0 Å². The average Bonchev–Trinajstić information content (AvgIpc) is 2.94. The number of hydrogen-bond acceptors (Lipinski definition) is 1. The summed E-state index contributed by atoms with van der Waals surface area (Å²) >= 11 is 0. The van der Waals surface area contributed by atoms with Crippen molar-refractivity contribution in [1.29, 1.82) is 0 Å². The van der Waals surface area contributed by atoms with Gasteiger partial charge in [0.05, 0.1) is 0 Å². The van der Waals surface area contributed by atoms with Crippen LogP contribution in [0.5, 0.6) is 0 Å². The van der Waals surface area contributed by atoms with Crippen LogP contribution < -0.4 is 5.73 Å². The van der Waals surface area contributed by atoms with Crippen LogP contribution in [0.2, 0.25) is 0 Å². The Morgan fingerprint density at radius 2 is 1.38 bits per heavy atom. The van der Waals surface area contributed by atoms with Crippen molar-refractivity contribution in [2.24, 2.45) is 35.3 Å². The van der Waals surface area contributed by atoms with Crippen molar-refractivity contribution in [2.45, 2.75) is 64.3 Å². The lowest BCUT2D eigenvalue weighted by Crippen LogP contribution is -2.26. The van der Waals surface area contributed by atoms with Crippen molar-refractivity contribution in [1.82, 2.24) is 0 Å². The van der Waals surface area contributed by atoms with Crippen molar-refractivity contribution in [3.8, 4) is 0 Å². The topological polar surface area (TPSA) is 26.0 Å². The van der Waals surface area contributed by atoms with E-state index in [4.69, 9.17) is 5.73 Å². The van der Waals surface area contributed by atoms with Crippen LogP contribution in [0.1, 0.15) is 58.3 Å². The van der Waals surface area contributed by atoms with E-state index < -0.39 is 0 Å². The average molecular weight is 221 g/mol. The van der Waals surface area contributed by atoms with Gasteiger partial charge in [-0.2, -0.15) is 0 Å². The molecule has 0 aromatic carbocycles. The van der Waals surface area contributed by atoms with E-state index in [1.165, 1.54) is 25.7 Å². The first kappa shape index (κ1) is 11.1. The molecule has 4 aliphatic rings. The highest BCUT2D eigenvalue weighted by Gasteiger charge is 2.37. The Kier molecular flexibility index (Phi) is 2.99. The maximum absolute atomic E-state index is 5.82. The molecule has 0 unspecified atom stereocenters. The van der Waals surface area contributed by atoms with Gasteiger partial charge in [-0.3, -0.25) is 0 Å². The summed E-state index contributed by atoms with van der Waals surface area (Å²) in [5, 5.41) is 0. The molecule has 0 saturated heterocycles. The summed E-state index contributed by atoms with van der Waals surface area (Å²) in [5.41, 5.74) is 5.82. The maximum Gasteiger partial charge on any atom is 0.00699 e. The summed E-state index contributed by atoms with van der Waals surface area (Å²) < 4.78 is 0. The van der Waals surface area contributed by atoms with Gasteiger partial charge < -0.3 is 5.73 Å². The Morgan fingerprint density at radius 3 is 1.56 bits per heavy atom. The first-order valence-corrected chi connectivity index (χ1v) is 7.48. The van der Waals surface area contributed by atoms with Crippen LogP contribution in [-0.2, 0) is 0 Å². The number of fused-ring (bicyclic) bond motifs is 4. The van der Waals surface area contributed by atoms with E-state index in [0.717, 1.165) is 29.6 Å². The van der Waals surface area contributed by atoms with Gasteiger partial charge in [0, 0.05) is 6.04 Å². The van der Waals surface area contributed by atoms with Crippen molar-refractivity contribution >= 4 is 0 Å². The van der Waals surface area contributed by atoms with Crippen molar-refractivity contribution in [2.75, 3.05) is 0 Å². The molecule has 92 valence electrons. The molecule has 4 bridgehead atoms. The molecular weight excluding hydrogens is 194 g/mol. The minimum Gasteiger partial charge on any atom is -0.327 e. The van der Waals surface area contributed by atoms with Crippen LogP contribution in [0.4, 0.5) is 0 Å². The molecule has 4 rings (SSSR count). The van der Waals surface area contributed by atoms with Gasteiger partial charge in [0.2, 0.25) is 0 Å². The zero-order chi connectivity index (χ0) is 11.1. The molecule has 1 heteroatoms. The molecule has 16 heavy (non-hydrogen) atoms. The Morgan fingerprint density at radius 1 is 0.750 bits per heavy atom.